The first-order valence-corrected chi connectivity index (χ1v) is 14.4. The Labute approximate surface area is 243 Å². The first kappa shape index (κ1) is 29.6. The summed E-state index contributed by atoms with van der Waals surface area (Å²) in [5, 5.41) is 3.20. The van der Waals surface area contributed by atoms with Crippen LogP contribution in [-0.2, 0) is 17.5 Å². The molecule has 0 saturated carbocycles. The monoisotopic (exact) mass is 582 g/mol. The molecule has 224 valence electrons. The maximum absolute atomic E-state index is 13.8. The molecule has 8 nitrogen and oxygen atoms in total. The molecule has 5 rings (SSSR count). The van der Waals surface area contributed by atoms with Gasteiger partial charge in [0.1, 0.15) is 0 Å². The summed E-state index contributed by atoms with van der Waals surface area (Å²) < 4.78 is 41.3. The molecule has 0 bridgehead atoms. The quantitative estimate of drug-likeness (QED) is 0.361. The highest BCUT2D eigenvalue weighted by Gasteiger charge is 2.36. The number of nitrogens with one attached hydrogen (secondary N) is 2. The predicted molar refractivity (Wildman–Crippen MR) is 152 cm³/mol. The molecule has 3 heterocycles. The highest BCUT2D eigenvalue weighted by Crippen LogP contribution is 2.37. The van der Waals surface area contributed by atoms with Crippen LogP contribution in [-0.4, -0.2) is 75.4 Å². The zero-order valence-corrected chi connectivity index (χ0v) is 23.7. The number of aromatic amines is 1. The molecule has 2 aromatic carbocycles. The lowest BCUT2D eigenvalue weighted by atomic mass is 9.94. The van der Waals surface area contributed by atoms with E-state index < -0.39 is 17.8 Å². The van der Waals surface area contributed by atoms with Gasteiger partial charge in [0, 0.05) is 51.0 Å². The number of H-pyrrole nitrogens is 1. The summed E-state index contributed by atoms with van der Waals surface area (Å²) in [6, 6.07) is 13.8. The molecule has 2 N–H and O–H groups in total. The molecule has 2 saturated heterocycles. The molecule has 11 heteroatoms. The van der Waals surface area contributed by atoms with Crippen molar-refractivity contribution in [2.75, 3.05) is 26.2 Å². The maximum atomic E-state index is 13.8. The van der Waals surface area contributed by atoms with Gasteiger partial charge in [-0.05, 0) is 55.4 Å². The number of hydrogen-bond donors (Lipinski definition) is 2. The van der Waals surface area contributed by atoms with Crippen molar-refractivity contribution in [2.24, 2.45) is 0 Å². The smallest absolute Gasteiger partial charge is 0.347 e. The van der Waals surface area contributed by atoms with Gasteiger partial charge in [0.05, 0.1) is 23.6 Å². The average Bonchev–Trinajstić information content (AvgIpc) is 3.52. The third-order valence-electron chi connectivity index (χ3n) is 8.46. The molecule has 42 heavy (non-hydrogen) atoms. The Hall–Kier alpha value is -3.86. The number of urea groups is 1. The van der Waals surface area contributed by atoms with Crippen LogP contribution in [0.3, 0.4) is 0 Å². The van der Waals surface area contributed by atoms with Crippen molar-refractivity contribution in [3.05, 3.63) is 89.0 Å². The minimum Gasteiger partial charge on any atom is -0.347 e. The number of carbonyl (C=O) groups excluding carboxylic acids is 2. The van der Waals surface area contributed by atoms with Gasteiger partial charge in [-0.25, -0.2) is 9.78 Å². The third kappa shape index (κ3) is 6.95. The third-order valence-corrected chi connectivity index (χ3v) is 8.46. The number of benzene rings is 2. The first-order valence-electron chi connectivity index (χ1n) is 14.4. The summed E-state index contributed by atoms with van der Waals surface area (Å²) in [6.45, 7) is 4.37. The summed E-state index contributed by atoms with van der Waals surface area (Å²) >= 11 is 0. The average molecular weight is 583 g/mol. The van der Waals surface area contributed by atoms with Gasteiger partial charge in [-0.2, -0.15) is 13.2 Å². The number of hydrogen-bond acceptors (Lipinski definition) is 4. The van der Waals surface area contributed by atoms with Crippen molar-refractivity contribution in [1.29, 1.82) is 0 Å². The van der Waals surface area contributed by atoms with E-state index in [1.54, 1.807) is 23.5 Å². The van der Waals surface area contributed by atoms with Gasteiger partial charge in [-0.3, -0.25) is 9.69 Å². The van der Waals surface area contributed by atoms with E-state index in [9.17, 15) is 22.8 Å². The van der Waals surface area contributed by atoms with Gasteiger partial charge >= 0.3 is 12.2 Å². The lowest BCUT2D eigenvalue weighted by molar-refractivity contribution is -0.138. The van der Waals surface area contributed by atoms with Crippen molar-refractivity contribution in [3.8, 4) is 0 Å². The molecule has 0 spiro atoms. The number of likely N-dealkylation sites (tertiary alicyclic amines) is 2. The number of nitrogens with zero attached hydrogens (tertiary/aromatic N) is 4. The summed E-state index contributed by atoms with van der Waals surface area (Å²) in [5.74, 6) is 0. The van der Waals surface area contributed by atoms with Crippen LogP contribution in [0, 0.1) is 6.92 Å². The Kier molecular flexibility index (Phi) is 9.15. The number of alkyl halides is 3. The number of aromatic nitrogens is 2. The lowest BCUT2D eigenvalue weighted by Gasteiger charge is -2.42. The SMILES string of the molecule is Cc1ccc(C(c2cnc[nH]2)N2CCC(N(Cc3ccccc3)C(=O)NC3CCN(C=O)CC3)CC2)cc1C(F)(F)F. The van der Waals surface area contributed by atoms with Crippen molar-refractivity contribution >= 4 is 12.4 Å². The van der Waals surface area contributed by atoms with Crippen molar-refractivity contribution in [1.82, 2.24) is 30.0 Å². The fourth-order valence-electron chi connectivity index (χ4n) is 6.13. The Bertz CT molecular complexity index is 1320. The molecule has 2 fully saturated rings. The van der Waals surface area contributed by atoms with Crippen LogP contribution in [0.5, 0.6) is 0 Å². The van der Waals surface area contributed by atoms with Crippen LogP contribution in [0.15, 0.2) is 61.1 Å². The fourth-order valence-corrected chi connectivity index (χ4v) is 6.13. The van der Waals surface area contributed by atoms with Gasteiger partial charge in [0.2, 0.25) is 6.41 Å². The Morgan fingerprint density at radius 1 is 1.10 bits per heavy atom. The van der Waals surface area contributed by atoms with Crippen LogP contribution < -0.4 is 5.32 Å². The number of amides is 3. The molecule has 1 atom stereocenters. The lowest BCUT2D eigenvalue weighted by Crippen LogP contribution is -2.54. The van der Waals surface area contributed by atoms with Crippen LogP contribution in [0.1, 0.15) is 59.7 Å². The highest BCUT2D eigenvalue weighted by atomic mass is 19.4. The van der Waals surface area contributed by atoms with Crippen LogP contribution in [0.2, 0.25) is 0 Å². The molecular formula is C31H37F3N6O2. The van der Waals surface area contributed by atoms with E-state index in [1.807, 2.05) is 35.2 Å². The zero-order valence-electron chi connectivity index (χ0n) is 23.7. The Morgan fingerprint density at radius 3 is 2.43 bits per heavy atom. The molecule has 1 unspecified atom stereocenters. The van der Waals surface area contributed by atoms with E-state index in [4.69, 9.17) is 0 Å². The van der Waals surface area contributed by atoms with Gasteiger partial charge in [-0.1, -0.05) is 42.5 Å². The predicted octanol–water partition coefficient (Wildman–Crippen LogP) is 5.12. The summed E-state index contributed by atoms with van der Waals surface area (Å²) in [7, 11) is 0. The van der Waals surface area contributed by atoms with Crippen molar-refractivity contribution < 1.29 is 22.8 Å². The Balaban J connectivity index is 1.33. The normalized spacial score (nSPS) is 18.0. The molecule has 2 aliphatic rings. The Morgan fingerprint density at radius 2 is 1.81 bits per heavy atom. The second-order valence-electron chi connectivity index (χ2n) is 11.2. The van der Waals surface area contributed by atoms with Crippen LogP contribution >= 0.6 is 0 Å². The van der Waals surface area contributed by atoms with Crippen molar-refractivity contribution in [2.45, 2.75) is 63.5 Å². The number of piperidine rings is 2. The molecule has 3 aromatic rings. The molecule has 2 aliphatic heterocycles. The molecule has 0 radical (unpaired) electrons. The van der Waals surface area contributed by atoms with E-state index in [1.165, 1.54) is 19.1 Å². The standard InChI is InChI=1S/C31H37F3N6O2/c1-22-7-8-24(17-27(22)31(32,33)34)29(28-18-35-20-36-28)39-15-11-26(12-16-39)40(19-23-5-3-2-4-6-23)30(42)37-25-9-13-38(21-41)14-10-25/h2-8,17-18,20-21,25-26,29H,9-16,19H2,1H3,(H,35,36)(H,37,42). The second kappa shape index (κ2) is 13.0. The number of carbonyl (C=O) groups is 2. The first-order chi connectivity index (χ1) is 20.2. The van der Waals surface area contributed by atoms with Crippen molar-refractivity contribution in [3.63, 3.8) is 0 Å². The summed E-state index contributed by atoms with van der Waals surface area (Å²) in [6.07, 6.45) is 2.38. The minimum atomic E-state index is -4.44. The molecule has 3 amide bonds. The van der Waals surface area contributed by atoms with E-state index >= 15 is 0 Å². The van der Waals surface area contributed by atoms with E-state index in [0.717, 1.165) is 17.7 Å². The molecule has 0 aliphatic carbocycles. The molecular weight excluding hydrogens is 545 g/mol. The van der Waals surface area contributed by atoms with Gasteiger partial charge in [-0.15, -0.1) is 0 Å². The van der Waals surface area contributed by atoms with Crippen LogP contribution in [0.4, 0.5) is 18.0 Å². The number of imidazole rings is 1. The van der Waals surface area contributed by atoms with E-state index in [0.29, 0.717) is 64.0 Å². The minimum absolute atomic E-state index is 0.00110. The maximum Gasteiger partial charge on any atom is 0.416 e. The second-order valence-corrected chi connectivity index (χ2v) is 11.2. The topological polar surface area (TPSA) is 84.6 Å². The highest BCUT2D eigenvalue weighted by molar-refractivity contribution is 5.75. The van der Waals surface area contributed by atoms with Gasteiger partial charge in [0.25, 0.3) is 0 Å². The number of rotatable bonds is 8. The summed E-state index contributed by atoms with van der Waals surface area (Å²) in [5.41, 5.74) is 1.86. The van der Waals surface area contributed by atoms with Gasteiger partial charge in [0.15, 0.2) is 0 Å². The zero-order chi connectivity index (χ0) is 29.7. The number of halogens is 3. The molecule has 1 aromatic heterocycles. The number of aryl methyl sites for hydroxylation is 1. The van der Waals surface area contributed by atoms with E-state index in [-0.39, 0.29) is 23.7 Å². The van der Waals surface area contributed by atoms with Crippen LogP contribution in [0.25, 0.3) is 0 Å². The van der Waals surface area contributed by atoms with E-state index in [2.05, 4.69) is 20.2 Å². The summed E-state index contributed by atoms with van der Waals surface area (Å²) in [4.78, 5) is 37.8. The largest absolute Gasteiger partial charge is 0.416 e. The van der Waals surface area contributed by atoms with Gasteiger partial charge < -0.3 is 20.1 Å². The fraction of sp³-hybridized carbons (Fsp3) is 0.452.